The topological polar surface area (TPSA) is 88.0 Å². The molecule has 1 aliphatic carbocycles. The number of anilines is 1. The van der Waals surface area contributed by atoms with Gasteiger partial charge in [0.1, 0.15) is 5.56 Å². The first kappa shape index (κ1) is 17.7. The first-order valence-electron chi connectivity index (χ1n) is 9.17. The summed E-state index contributed by atoms with van der Waals surface area (Å²) in [5, 5.41) is 9.37. The second kappa shape index (κ2) is 6.49. The lowest BCUT2D eigenvalue weighted by atomic mass is 10.0. The molecule has 27 heavy (non-hydrogen) atoms. The number of hydrogen-bond acceptors (Lipinski definition) is 4. The number of rotatable bonds is 4. The molecule has 142 valence electrons. The number of carboxylic acid groups (broad SMARTS) is 1. The van der Waals surface area contributed by atoms with Crippen LogP contribution in [-0.4, -0.2) is 35.1 Å². The number of pyridine rings is 2. The Bertz CT molecular complexity index is 1040. The number of halogens is 1. The molecule has 0 amide bonds. The minimum atomic E-state index is -1.29. The van der Waals surface area contributed by atoms with Crippen LogP contribution in [-0.2, 0) is 0 Å². The van der Waals surface area contributed by atoms with Crippen molar-refractivity contribution in [3.8, 4) is 0 Å². The molecule has 7 heteroatoms. The average Bonchev–Trinajstić information content (AvgIpc) is 3.47. The largest absolute Gasteiger partial charge is 0.477 e. The quantitative estimate of drug-likeness (QED) is 0.806. The Morgan fingerprint density at radius 1 is 1.41 bits per heavy atom. The van der Waals surface area contributed by atoms with Crippen molar-refractivity contribution < 1.29 is 14.3 Å². The molecule has 1 aliphatic heterocycles. The number of carbonyl (C=O) groups is 1. The Morgan fingerprint density at radius 3 is 2.78 bits per heavy atom. The van der Waals surface area contributed by atoms with E-state index in [9.17, 15) is 14.7 Å². The van der Waals surface area contributed by atoms with Crippen molar-refractivity contribution in [3.63, 3.8) is 0 Å². The van der Waals surface area contributed by atoms with Crippen LogP contribution >= 0.6 is 0 Å². The van der Waals surface area contributed by atoms with E-state index in [1.807, 2.05) is 4.90 Å². The Hall–Kier alpha value is -2.67. The van der Waals surface area contributed by atoms with Gasteiger partial charge in [0.25, 0.3) is 5.56 Å². The van der Waals surface area contributed by atoms with Crippen LogP contribution in [0.3, 0.4) is 0 Å². The lowest BCUT2D eigenvalue weighted by Crippen LogP contribution is -2.34. The van der Waals surface area contributed by atoms with Crippen LogP contribution in [0, 0.1) is 12.7 Å². The molecule has 2 aromatic heterocycles. The van der Waals surface area contributed by atoms with Gasteiger partial charge < -0.3 is 15.7 Å². The second-order valence-corrected chi connectivity index (χ2v) is 7.34. The molecule has 3 N–H and O–H groups in total. The van der Waals surface area contributed by atoms with Gasteiger partial charge in [0, 0.05) is 19.6 Å². The highest BCUT2D eigenvalue weighted by Crippen LogP contribution is 2.44. The number of nitrogens with zero attached hydrogens (tertiary/aromatic N) is 2. The number of aromatic carboxylic acids is 1. The molecule has 0 atom stereocenters. The molecule has 4 rings (SSSR count). The van der Waals surface area contributed by atoms with Crippen molar-refractivity contribution in [1.29, 1.82) is 0 Å². The van der Waals surface area contributed by atoms with Gasteiger partial charge in [-0.15, -0.1) is 0 Å². The van der Waals surface area contributed by atoms with E-state index in [-0.39, 0.29) is 11.5 Å². The maximum atomic E-state index is 15.1. The molecule has 1 fully saturated rings. The van der Waals surface area contributed by atoms with Crippen LogP contribution in [0.25, 0.3) is 5.52 Å². The maximum Gasteiger partial charge on any atom is 0.341 e. The van der Waals surface area contributed by atoms with Gasteiger partial charge in [-0.2, -0.15) is 0 Å². The predicted molar refractivity (Wildman–Crippen MR) is 101 cm³/mol. The third kappa shape index (κ3) is 2.92. The summed E-state index contributed by atoms with van der Waals surface area (Å²) in [6, 6.07) is 1.48. The van der Waals surface area contributed by atoms with Gasteiger partial charge in [-0.25, -0.2) is 9.18 Å². The normalized spacial score (nSPS) is 17.3. The molecule has 1 saturated carbocycles. The summed E-state index contributed by atoms with van der Waals surface area (Å²) in [4.78, 5) is 26.1. The zero-order valence-corrected chi connectivity index (χ0v) is 15.2. The van der Waals surface area contributed by atoms with Gasteiger partial charge in [0.05, 0.1) is 17.4 Å². The molecule has 0 spiro atoms. The van der Waals surface area contributed by atoms with Gasteiger partial charge in [-0.1, -0.05) is 6.08 Å². The van der Waals surface area contributed by atoms with Crippen LogP contribution in [0.4, 0.5) is 10.1 Å². The Labute approximate surface area is 155 Å². The lowest BCUT2D eigenvalue weighted by Gasteiger charge is -2.31. The minimum absolute atomic E-state index is 0.219. The zero-order valence-electron chi connectivity index (χ0n) is 15.2. The smallest absolute Gasteiger partial charge is 0.341 e. The number of aromatic nitrogens is 1. The Morgan fingerprint density at radius 2 is 2.15 bits per heavy atom. The SMILES string of the molecule is Cc1c(N2CCC=C(CN)C2)c(F)cn2c(=O)c(C(=O)O)cc(C3CC3)c12. The highest BCUT2D eigenvalue weighted by atomic mass is 19.1. The summed E-state index contributed by atoms with van der Waals surface area (Å²) in [5.74, 6) is -1.59. The number of hydrogen-bond donors (Lipinski definition) is 2. The van der Waals surface area contributed by atoms with Crippen molar-refractivity contribution >= 4 is 17.2 Å². The molecule has 0 radical (unpaired) electrons. The van der Waals surface area contributed by atoms with Gasteiger partial charge in [-0.05, 0) is 54.9 Å². The highest BCUT2D eigenvalue weighted by Gasteiger charge is 2.31. The molecule has 0 unspecified atom stereocenters. The maximum absolute atomic E-state index is 15.1. The number of nitrogens with two attached hydrogens (primary N) is 1. The molecule has 2 aliphatic rings. The van der Waals surface area contributed by atoms with Crippen LogP contribution in [0.2, 0.25) is 0 Å². The van der Waals surface area contributed by atoms with Gasteiger partial charge >= 0.3 is 5.97 Å². The summed E-state index contributed by atoms with van der Waals surface area (Å²) in [6.45, 7) is 3.47. The standard InChI is InChI=1S/C20H22FN3O3/c1-11-17-14(13-4-5-13)7-15(20(26)27)19(25)24(17)10-16(21)18(11)23-6-2-3-12(8-22)9-23/h3,7,10,13H,2,4-6,8-9,22H2,1H3,(H,26,27). The van der Waals surface area contributed by atoms with E-state index in [4.69, 9.17) is 5.73 Å². The third-order valence-corrected chi connectivity index (χ3v) is 5.49. The second-order valence-electron chi connectivity index (χ2n) is 7.34. The van der Waals surface area contributed by atoms with Gasteiger partial charge in [0.2, 0.25) is 0 Å². The summed E-state index contributed by atoms with van der Waals surface area (Å²) in [6.07, 6.45) is 5.91. The van der Waals surface area contributed by atoms with Gasteiger partial charge in [0.15, 0.2) is 5.82 Å². The molecule has 3 heterocycles. The first-order chi connectivity index (χ1) is 12.9. The van der Waals surface area contributed by atoms with Crippen LogP contribution in [0.1, 0.15) is 46.7 Å². The fourth-order valence-electron chi connectivity index (χ4n) is 4.04. The van der Waals surface area contributed by atoms with E-state index >= 15 is 4.39 Å². The zero-order chi connectivity index (χ0) is 19.3. The van der Waals surface area contributed by atoms with Crippen molar-refractivity contribution in [1.82, 2.24) is 4.40 Å². The summed E-state index contributed by atoms with van der Waals surface area (Å²) >= 11 is 0. The third-order valence-electron chi connectivity index (χ3n) is 5.49. The van der Waals surface area contributed by atoms with Crippen LogP contribution < -0.4 is 16.2 Å². The molecular weight excluding hydrogens is 349 g/mol. The van der Waals surface area contributed by atoms with E-state index in [1.165, 1.54) is 10.5 Å². The molecular formula is C20H22FN3O3. The lowest BCUT2D eigenvalue weighted by molar-refractivity contribution is 0.0694. The van der Waals surface area contributed by atoms with E-state index < -0.39 is 17.3 Å². The monoisotopic (exact) mass is 371 g/mol. The first-order valence-corrected chi connectivity index (χ1v) is 9.17. The van der Waals surface area contributed by atoms with Gasteiger partial charge in [-0.3, -0.25) is 9.20 Å². The molecule has 0 aromatic carbocycles. The molecule has 0 saturated heterocycles. The van der Waals surface area contributed by atoms with E-state index in [0.717, 1.165) is 36.6 Å². The van der Waals surface area contributed by atoms with E-state index in [2.05, 4.69) is 6.08 Å². The van der Waals surface area contributed by atoms with Crippen LogP contribution in [0.15, 0.2) is 28.7 Å². The van der Waals surface area contributed by atoms with Crippen molar-refractivity contribution in [2.24, 2.45) is 5.73 Å². The van der Waals surface area contributed by atoms with E-state index in [1.54, 1.807) is 6.92 Å². The van der Waals surface area contributed by atoms with Crippen molar-refractivity contribution in [2.75, 3.05) is 24.5 Å². The van der Waals surface area contributed by atoms with Crippen molar-refractivity contribution in [2.45, 2.75) is 32.1 Å². The van der Waals surface area contributed by atoms with E-state index in [0.29, 0.717) is 36.4 Å². The number of fused-ring (bicyclic) bond motifs is 1. The Balaban J connectivity index is 1.97. The molecule has 6 nitrogen and oxygen atoms in total. The summed E-state index contributed by atoms with van der Waals surface area (Å²) < 4.78 is 16.2. The summed E-state index contributed by atoms with van der Waals surface area (Å²) in [7, 11) is 0. The number of aryl methyl sites for hydroxylation is 1. The fourth-order valence-corrected chi connectivity index (χ4v) is 4.04. The molecule has 2 aromatic rings. The Kier molecular flexibility index (Phi) is 4.26. The van der Waals surface area contributed by atoms with Crippen LogP contribution in [0.5, 0.6) is 0 Å². The highest BCUT2D eigenvalue weighted by molar-refractivity contribution is 5.89. The van der Waals surface area contributed by atoms with Crippen molar-refractivity contribution in [3.05, 3.63) is 56.8 Å². The number of carboxylic acids is 1. The fraction of sp³-hybridized carbons (Fsp3) is 0.400. The predicted octanol–water partition coefficient (Wildman–Crippen LogP) is 2.42. The summed E-state index contributed by atoms with van der Waals surface area (Å²) in [5.41, 5.74) is 8.39. The average molecular weight is 371 g/mol. The minimum Gasteiger partial charge on any atom is -0.477 e. The molecule has 0 bridgehead atoms.